The fourth-order valence-corrected chi connectivity index (χ4v) is 4.22. The minimum absolute atomic E-state index is 0.0329. The Balaban J connectivity index is 2.02. The zero-order valence-electron chi connectivity index (χ0n) is 17.6. The minimum Gasteiger partial charge on any atom is -0.494 e. The number of methoxy groups -OCH3 is 1. The molecule has 3 heterocycles. The topological polar surface area (TPSA) is 111 Å². The smallest absolute Gasteiger partial charge is 0.257 e. The highest BCUT2D eigenvalue weighted by atomic mass is 16.5. The van der Waals surface area contributed by atoms with Crippen molar-refractivity contribution >= 4 is 17.2 Å². The number of carbonyl (C=O) groups excluding carboxylic acids is 1. The molecule has 1 aliphatic heterocycles. The molecule has 0 saturated heterocycles. The van der Waals surface area contributed by atoms with E-state index in [2.05, 4.69) is 0 Å². The zero-order chi connectivity index (χ0) is 22.3. The normalized spacial score (nSPS) is 13.2. The fourth-order valence-electron chi connectivity index (χ4n) is 4.22. The lowest BCUT2D eigenvalue weighted by molar-refractivity contribution is -0.115. The predicted molar refractivity (Wildman–Crippen MR) is 114 cm³/mol. The first-order valence-electron chi connectivity index (χ1n) is 10.0. The molecule has 1 atom stereocenters. The summed E-state index contributed by atoms with van der Waals surface area (Å²) in [4.78, 5) is 29.2. The van der Waals surface area contributed by atoms with E-state index in [0.717, 1.165) is 16.5 Å². The molecule has 2 N–H and O–H groups in total. The lowest BCUT2D eigenvalue weighted by atomic mass is 9.98. The Morgan fingerprint density at radius 2 is 2.06 bits per heavy atom. The van der Waals surface area contributed by atoms with Gasteiger partial charge in [-0.05, 0) is 37.1 Å². The summed E-state index contributed by atoms with van der Waals surface area (Å²) in [6, 6.07) is 5.37. The lowest BCUT2D eigenvalue weighted by Gasteiger charge is -2.14. The van der Waals surface area contributed by atoms with Crippen molar-refractivity contribution in [3.05, 3.63) is 56.4 Å². The molecule has 0 saturated carbocycles. The fraction of sp³-hybridized carbons (Fsp3) is 0.348. The van der Waals surface area contributed by atoms with Gasteiger partial charge in [-0.15, -0.1) is 0 Å². The third kappa shape index (κ3) is 3.33. The molecule has 0 aliphatic carbocycles. The number of aliphatic hydroxyl groups excluding tert-OH is 2. The van der Waals surface area contributed by atoms with E-state index in [0.29, 0.717) is 41.1 Å². The highest BCUT2D eigenvalue weighted by Crippen LogP contribution is 2.38. The van der Waals surface area contributed by atoms with Gasteiger partial charge in [0.1, 0.15) is 11.9 Å². The summed E-state index contributed by atoms with van der Waals surface area (Å²) in [6.45, 7) is 4.34. The van der Waals surface area contributed by atoms with Crippen LogP contribution in [0.5, 0.6) is 5.75 Å². The Bertz CT molecular complexity index is 1250. The zero-order valence-corrected chi connectivity index (χ0v) is 17.6. The molecule has 4 rings (SSSR count). The molecule has 0 fully saturated rings. The third-order valence-electron chi connectivity index (χ3n) is 5.69. The average molecular weight is 424 g/mol. The van der Waals surface area contributed by atoms with Crippen molar-refractivity contribution in [3.8, 4) is 17.1 Å². The van der Waals surface area contributed by atoms with Crippen molar-refractivity contribution in [3.63, 3.8) is 0 Å². The van der Waals surface area contributed by atoms with Gasteiger partial charge >= 0.3 is 0 Å². The number of rotatable bonds is 7. The van der Waals surface area contributed by atoms with E-state index in [4.69, 9.17) is 14.5 Å². The molecule has 1 unspecified atom stereocenters. The van der Waals surface area contributed by atoms with Gasteiger partial charge in [0.05, 0.1) is 43.3 Å². The first kappa shape index (κ1) is 21.2. The van der Waals surface area contributed by atoms with Crippen molar-refractivity contribution in [2.24, 2.45) is 0 Å². The van der Waals surface area contributed by atoms with Crippen LogP contribution < -0.4 is 10.3 Å². The molecule has 0 bridgehead atoms. The van der Waals surface area contributed by atoms with Crippen molar-refractivity contribution in [1.82, 2.24) is 9.55 Å². The molecule has 162 valence electrons. The molecular weight excluding hydrogens is 400 g/mol. The second-order valence-corrected chi connectivity index (χ2v) is 7.51. The van der Waals surface area contributed by atoms with E-state index < -0.39 is 6.10 Å². The molecule has 1 aliphatic rings. The molecule has 3 aromatic rings. The molecule has 2 aromatic heterocycles. The number of carbonyl (C=O) groups is 1. The van der Waals surface area contributed by atoms with Crippen LogP contribution in [0, 0.1) is 6.92 Å². The third-order valence-corrected chi connectivity index (χ3v) is 5.69. The second kappa shape index (κ2) is 8.22. The van der Waals surface area contributed by atoms with E-state index in [9.17, 15) is 19.8 Å². The van der Waals surface area contributed by atoms with Crippen LogP contribution in [0.15, 0.2) is 23.0 Å². The van der Waals surface area contributed by atoms with Gasteiger partial charge in [0.2, 0.25) is 0 Å². The monoisotopic (exact) mass is 424 g/mol. The number of fused-ring (bicyclic) bond motifs is 4. The first-order valence-corrected chi connectivity index (χ1v) is 10.0. The number of pyridine rings is 2. The molecule has 1 aromatic carbocycles. The summed E-state index contributed by atoms with van der Waals surface area (Å²) < 4.78 is 12.4. The number of ether oxygens (including phenoxy) is 2. The summed E-state index contributed by atoms with van der Waals surface area (Å²) in [5.74, 6) is 0.703. The highest BCUT2D eigenvalue weighted by Gasteiger charge is 2.29. The molecule has 31 heavy (non-hydrogen) atoms. The maximum absolute atomic E-state index is 13.2. The van der Waals surface area contributed by atoms with Crippen LogP contribution in [0.2, 0.25) is 0 Å². The standard InChI is InChI=1S/C23H24N2O6/c1-4-31-21-7-18-13(5-12(21)2)16(9-26)15-8-25-19(22(15)24-18)6-14(20(28)10-27)17(11-30-3)23(25)29/h5-7,10,20,26,28H,4,8-9,11H2,1-3H3. The summed E-state index contributed by atoms with van der Waals surface area (Å²) in [7, 11) is 1.44. The summed E-state index contributed by atoms with van der Waals surface area (Å²) in [5.41, 5.74) is 4.11. The minimum atomic E-state index is -1.45. The summed E-state index contributed by atoms with van der Waals surface area (Å²) in [6.07, 6.45) is -1.07. The van der Waals surface area contributed by atoms with Gasteiger partial charge in [-0.3, -0.25) is 4.79 Å². The molecule has 0 spiro atoms. The summed E-state index contributed by atoms with van der Waals surface area (Å²) in [5, 5.41) is 21.2. The van der Waals surface area contributed by atoms with Crippen LogP contribution in [-0.2, 0) is 29.3 Å². The molecular formula is C23H24N2O6. The maximum Gasteiger partial charge on any atom is 0.257 e. The highest BCUT2D eigenvalue weighted by molar-refractivity contribution is 5.89. The van der Waals surface area contributed by atoms with Gasteiger partial charge < -0.3 is 29.0 Å². The Morgan fingerprint density at radius 3 is 2.71 bits per heavy atom. The van der Waals surface area contributed by atoms with Gasteiger partial charge in [-0.2, -0.15) is 0 Å². The number of aldehydes is 1. The van der Waals surface area contributed by atoms with E-state index in [1.165, 1.54) is 7.11 Å². The Hall–Kier alpha value is -3.07. The van der Waals surface area contributed by atoms with E-state index in [1.54, 1.807) is 10.6 Å². The number of aryl methyl sites for hydroxylation is 1. The van der Waals surface area contributed by atoms with Gasteiger partial charge in [0.25, 0.3) is 5.56 Å². The number of aromatic nitrogens is 2. The number of hydrogen-bond acceptors (Lipinski definition) is 7. The largest absolute Gasteiger partial charge is 0.494 e. The van der Waals surface area contributed by atoms with Crippen LogP contribution >= 0.6 is 0 Å². The van der Waals surface area contributed by atoms with Crippen LogP contribution in [0.25, 0.3) is 22.3 Å². The molecule has 0 amide bonds. The van der Waals surface area contributed by atoms with Crippen molar-refractivity contribution in [2.75, 3.05) is 13.7 Å². The van der Waals surface area contributed by atoms with Gasteiger partial charge in [0, 0.05) is 35.3 Å². The SMILES string of the molecule is CCOc1cc2nc3c(c(CO)c2cc1C)Cn1c-3cc(C(O)C=O)c(COC)c1=O. The number of hydrogen-bond donors (Lipinski definition) is 2. The van der Waals surface area contributed by atoms with Crippen LogP contribution in [-0.4, -0.2) is 39.8 Å². The van der Waals surface area contributed by atoms with Crippen molar-refractivity contribution in [1.29, 1.82) is 0 Å². The van der Waals surface area contributed by atoms with E-state index >= 15 is 0 Å². The predicted octanol–water partition coefficient (Wildman–Crippen LogP) is 2.00. The number of benzene rings is 1. The molecule has 0 radical (unpaired) electrons. The van der Waals surface area contributed by atoms with Crippen LogP contribution in [0.4, 0.5) is 0 Å². The van der Waals surface area contributed by atoms with E-state index in [-0.39, 0.29) is 36.4 Å². The second-order valence-electron chi connectivity index (χ2n) is 7.51. The Kier molecular flexibility index (Phi) is 5.62. The van der Waals surface area contributed by atoms with Gasteiger partial charge in [0.15, 0.2) is 6.29 Å². The van der Waals surface area contributed by atoms with Gasteiger partial charge in [-0.1, -0.05) is 0 Å². The van der Waals surface area contributed by atoms with E-state index in [1.807, 2.05) is 26.0 Å². The van der Waals surface area contributed by atoms with Crippen LogP contribution in [0.3, 0.4) is 0 Å². The number of nitrogens with zero attached hydrogens (tertiary/aromatic N) is 2. The Labute approximate surface area is 178 Å². The maximum atomic E-state index is 13.2. The van der Waals surface area contributed by atoms with Crippen LogP contribution in [0.1, 0.15) is 40.8 Å². The average Bonchev–Trinajstić information content (AvgIpc) is 3.12. The van der Waals surface area contributed by atoms with Crippen molar-refractivity contribution in [2.45, 2.75) is 39.7 Å². The van der Waals surface area contributed by atoms with Crippen molar-refractivity contribution < 1.29 is 24.5 Å². The molecule has 8 heteroatoms. The number of aliphatic hydroxyl groups is 2. The quantitative estimate of drug-likeness (QED) is 0.437. The van der Waals surface area contributed by atoms with Gasteiger partial charge in [-0.25, -0.2) is 4.98 Å². The molecule has 8 nitrogen and oxygen atoms in total. The first-order chi connectivity index (χ1) is 14.9. The Morgan fingerprint density at radius 1 is 1.29 bits per heavy atom. The lowest BCUT2D eigenvalue weighted by Crippen LogP contribution is -2.26. The summed E-state index contributed by atoms with van der Waals surface area (Å²) >= 11 is 0.